The first kappa shape index (κ1) is 17.4. The Kier molecular flexibility index (Phi) is 6.54. The second kappa shape index (κ2) is 7.92. The van der Waals surface area contributed by atoms with Gasteiger partial charge in [0.1, 0.15) is 18.5 Å². The van der Waals surface area contributed by atoms with Crippen LogP contribution in [-0.2, 0) is 4.74 Å². The Morgan fingerprint density at radius 2 is 1.90 bits per heavy atom. The number of rotatable bonds is 8. The Morgan fingerprint density at radius 3 is 2.43 bits per heavy atom. The molecule has 118 valence electrons. The SMILES string of the molecule is CC(C)OCC(O)COc1ccc([N+](=O)[O-])cc1[C@H](C)O. The van der Waals surface area contributed by atoms with Crippen LogP contribution in [0.3, 0.4) is 0 Å². The number of hydrogen-bond acceptors (Lipinski definition) is 6. The summed E-state index contributed by atoms with van der Waals surface area (Å²) in [6, 6.07) is 3.96. The number of hydrogen-bond donors (Lipinski definition) is 2. The van der Waals surface area contributed by atoms with Crippen LogP contribution in [-0.4, -0.2) is 40.6 Å². The predicted molar refractivity (Wildman–Crippen MR) is 76.3 cm³/mol. The van der Waals surface area contributed by atoms with Crippen molar-refractivity contribution in [2.75, 3.05) is 13.2 Å². The van der Waals surface area contributed by atoms with E-state index in [4.69, 9.17) is 9.47 Å². The zero-order valence-electron chi connectivity index (χ0n) is 12.4. The van der Waals surface area contributed by atoms with Crippen LogP contribution < -0.4 is 4.74 Å². The average molecular weight is 299 g/mol. The van der Waals surface area contributed by atoms with E-state index < -0.39 is 17.1 Å². The van der Waals surface area contributed by atoms with Crippen molar-refractivity contribution < 1.29 is 24.6 Å². The minimum atomic E-state index is -0.913. The fraction of sp³-hybridized carbons (Fsp3) is 0.571. The Hall–Kier alpha value is -1.70. The molecule has 0 aromatic heterocycles. The standard InChI is InChI=1S/C14H21NO6/c1-9(2)20-7-12(17)8-21-14-5-4-11(15(18)19)6-13(14)10(3)16/h4-6,9-10,12,16-17H,7-8H2,1-3H3/t10-,12?/m0/s1. The molecule has 0 amide bonds. The van der Waals surface area contributed by atoms with Crippen LogP contribution in [0.25, 0.3) is 0 Å². The molecule has 0 heterocycles. The minimum absolute atomic E-state index is 0.00653. The van der Waals surface area contributed by atoms with Crippen LogP contribution in [0.5, 0.6) is 5.75 Å². The fourth-order valence-electron chi connectivity index (χ4n) is 1.64. The number of nitro benzene ring substituents is 1. The number of aliphatic hydroxyl groups is 2. The molecule has 1 aromatic rings. The van der Waals surface area contributed by atoms with Gasteiger partial charge >= 0.3 is 0 Å². The van der Waals surface area contributed by atoms with E-state index in [1.807, 2.05) is 13.8 Å². The largest absolute Gasteiger partial charge is 0.490 e. The molecule has 0 aliphatic carbocycles. The summed E-state index contributed by atoms with van der Waals surface area (Å²) >= 11 is 0. The first-order valence-electron chi connectivity index (χ1n) is 6.70. The molecule has 1 unspecified atom stereocenters. The second-order valence-corrected chi connectivity index (χ2v) is 5.00. The molecule has 0 aliphatic heterocycles. The Bertz CT molecular complexity index is 475. The van der Waals surface area contributed by atoms with E-state index in [1.165, 1.54) is 25.1 Å². The highest BCUT2D eigenvalue weighted by Crippen LogP contribution is 2.29. The third-order valence-electron chi connectivity index (χ3n) is 2.71. The van der Waals surface area contributed by atoms with Gasteiger partial charge in [0.05, 0.1) is 23.7 Å². The molecule has 0 saturated carbocycles. The van der Waals surface area contributed by atoms with Crippen LogP contribution in [0.2, 0.25) is 0 Å². The topological polar surface area (TPSA) is 102 Å². The zero-order valence-corrected chi connectivity index (χ0v) is 12.4. The van der Waals surface area contributed by atoms with Gasteiger partial charge in [0, 0.05) is 17.7 Å². The minimum Gasteiger partial charge on any atom is -0.490 e. The number of nitrogens with zero attached hydrogens (tertiary/aromatic N) is 1. The third-order valence-corrected chi connectivity index (χ3v) is 2.71. The average Bonchev–Trinajstić information content (AvgIpc) is 2.42. The summed E-state index contributed by atoms with van der Waals surface area (Å²) in [5, 5.41) is 30.1. The molecule has 0 aliphatic rings. The van der Waals surface area contributed by atoms with Crippen molar-refractivity contribution in [3.05, 3.63) is 33.9 Å². The number of non-ortho nitro benzene ring substituents is 1. The van der Waals surface area contributed by atoms with E-state index in [1.54, 1.807) is 0 Å². The van der Waals surface area contributed by atoms with Crippen molar-refractivity contribution in [2.45, 2.75) is 39.1 Å². The van der Waals surface area contributed by atoms with E-state index in [0.717, 1.165) is 0 Å². The molecular formula is C14H21NO6. The summed E-state index contributed by atoms with van der Waals surface area (Å²) in [4.78, 5) is 10.2. The van der Waals surface area contributed by atoms with Gasteiger partial charge in [-0.05, 0) is 26.8 Å². The number of nitro groups is 1. The van der Waals surface area contributed by atoms with Gasteiger partial charge in [-0.1, -0.05) is 0 Å². The van der Waals surface area contributed by atoms with Crippen LogP contribution in [0.4, 0.5) is 5.69 Å². The van der Waals surface area contributed by atoms with Gasteiger partial charge in [0.15, 0.2) is 0 Å². The lowest BCUT2D eigenvalue weighted by atomic mass is 10.1. The molecule has 0 saturated heterocycles. The molecule has 21 heavy (non-hydrogen) atoms. The number of ether oxygens (including phenoxy) is 2. The highest BCUT2D eigenvalue weighted by atomic mass is 16.6. The summed E-state index contributed by atoms with van der Waals surface area (Å²) in [6.07, 6.45) is -1.72. The molecule has 0 spiro atoms. The van der Waals surface area contributed by atoms with Crippen LogP contribution in [0.1, 0.15) is 32.4 Å². The van der Waals surface area contributed by atoms with Gasteiger partial charge in [-0.25, -0.2) is 0 Å². The number of aliphatic hydroxyl groups excluding tert-OH is 2. The summed E-state index contributed by atoms with van der Waals surface area (Å²) in [7, 11) is 0. The molecule has 1 aromatic carbocycles. The van der Waals surface area contributed by atoms with Crippen molar-refractivity contribution in [1.29, 1.82) is 0 Å². The molecule has 1 rings (SSSR count). The van der Waals surface area contributed by atoms with E-state index >= 15 is 0 Å². The van der Waals surface area contributed by atoms with Gasteiger partial charge in [-0.3, -0.25) is 10.1 Å². The van der Waals surface area contributed by atoms with E-state index in [0.29, 0.717) is 11.3 Å². The first-order chi connectivity index (χ1) is 9.81. The Balaban J connectivity index is 2.72. The zero-order chi connectivity index (χ0) is 16.0. The number of benzene rings is 1. The van der Waals surface area contributed by atoms with Crippen molar-refractivity contribution in [1.82, 2.24) is 0 Å². The maximum Gasteiger partial charge on any atom is 0.270 e. The summed E-state index contributed by atoms with van der Waals surface area (Å²) in [5.74, 6) is 0.305. The fourth-order valence-corrected chi connectivity index (χ4v) is 1.64. The van der Waals surface area contributed by atoms with E-state index in [-0.39, 0.29) is 25.0 Å². The van der Waals surface area contributed by atoms with Gasteiger partial charge < -0.3 is 19.7 Å². The van der Waals surface area contributed by atoms with E-state index in [2.05, 4.69) is 0 Å². The van der Waals surface area contributed by atoms with Gasteiger partial charge in [0.25, 0.3) is 5.69 Å². The molecule has 0 bridgehead atoms. The van der Waals surface area contributed by atoms with Gasteiger partial charge in [0.2, 0.25) is 0 Å². The smallest absolute Gasteiger partial charge is 0.270 e. The van der Waals surface area contributed by atoms with Crippen molar-refractivity contribution in [3.8, 4) is 5.75 Å². The molecule has 7 nitrogen and oxygen atoms in total. The maximum atomic E-state index is 10.7. The van der Waals surface area contributed by atoms with Gasteiger partial charge in [-0.2, -0.15) is 0 Å². The van der Waals surface area contributed by atoms with Crippen LogP contribution in [0.15, 0.2) is 18.2 Å². The lowest BCUT2D eigenvalue weighted by molar-refractivity contribution is -0.385. The van der Waals surface area contributed by atoms with E-state index in [9.17, 15) is 20.3 Å². The quantitative estimate of drug-likeness (QED) is 0.560. The van der Waals surface area contributed by atoms with Crippen LogP contribution in [0, 0.1) is 10.1 Å². The molecule has 7 heteroatoms. The lowest BCUT2D eigenvalue weighted by Gasteiger charge is -2.17. The molecule has 2 N–H and O–H groups in total. The maximum absolute atomic E-state index is 10.7. The Labute approximate surface area is 123 Å². The monoisotopic (exact) mass is 299 g/mol. The van der Waals surface area contributed by atoms with Crippen LogP contribution >= 0.6 is 0 Å². The highest BCUT2D eigenvalue weighted by Gasteiger charge is 2.16. The van der Waals surface area contributed by atoms with Gasteiger partial charge in [-0.15, -0.1) is 0 Å². The summed E-state index contributed by atoms with van der Waals surface area (Å²) < 4.78 is 10.7. The molecule has 0 fully saturated rings. The summed E-state index contributed by atoms with van der Waals surface area (Å²) in [6.45, 7) is 5.31. The first-order valence-corrected chi connectivity index (χ1v) is 6.70. The van der Waals surface area contributed by atoms with Crippen molar-refractivity contribution in [3.63, 3.8) is 0 Å². The molecule has 0 radical (unpaired) electrons. The van der Waals surface area contributed by atoms with Crippen molar-refractivity contribution >= 4 is 5.69 Å². The highest BCUT2D eigenvalue weighted by molar-refractivity contribution is 5.44. The van der Waals surface area contributed by atoms with Crippen molar-refractivity contribution in [2.24, 2.45) is 0 Å². The summed E-state index contributed by atoms with van der Waals surface area (Å²) in [5.41, 5.74) is 0.183. The normalized spacial score (nSPS) is 14.0. The predicted octanol–water partition coefficient (Wildman–Crippen LogP) is 1.81. The lowest BCUT2D eigenvalue weighted by Crippen LogP contribution is -2.25. The third kappa shape index (κ3) is 5.66. The molecular weight excluding hydrogens is 278 g/mol. The second-order valence-electron chi connectivity index (χ2n) is 5.00. The molecule has 2 atom stereocenters. The Morgan fingerprint density at radius 1 is 1.24 bits per heavy atom.